The third-order valence-electron chi connectivity index (χ3n) is 4.82. The van der Waals surface area contributed by atoms with Gasteiger partial charge in [0.25, 0.3) is 5.89 Å². The molecule has 1 N–H and O–H groups in total. The fourth-order valence-corrected chi connectivity index (χ4v) is 4.71. The first-order chi connectivity index (χ1) is 12.8. The van der Waals surface area contributed by atoms with Crippen molar-refractivity contribution in [3.05, 3.63) is 52.5 Å². The predicted molar refractivity (Wildman–Crippen MR) is 103 cm³/mol. The summed E-state index contributed by atoms with van der Waals surface area (Å²) in [7, 11) is -1.91. The van der Waals surface area contributed by atoms with E-state index in [4.69, 9.17) is 4.42 Å². The van der Waals surface area contributed by atoms with E-state index in [2.05, 4.69) is 14.9 Å². The van der Waals surface area contributed by atoms with E-state index in [-0.39, 0.29) is 11.4 Å². The summed E-state index contributed by atoms with van der Waals surface area (Å²) in [6.07, 6.45) is 0.624. The molecule has 0 saturated carbocycles. The molecule has 0 aliphatic carbocycles. The molecule has 7 nitrogen and oxygen atoms in total. The van der Waals surface area contributed by atoms with Gasteiger partial charge in [0.2, 0.25) is 15.9 Å². The number of nitrogens with zero attached hydrogens (tertiary/aromatic N) is 3. The van der Waals surface area contributed by atoms with E-state index in [1.807, 2.05) is 38.1 Å². The molecule has 3 aromatic rings. The molecule has 0 atom stereocenters. The number of benzene rings is 1. The minimum absolute atomic E-state index is 0.235. The number of hydrogen-bond acceptors (Lipinski definition) is 5. The van der Waals surface area contributed by atoms with Crippen LogP contribution in [0.5, 0.6) is 0 Å². The van der Waals surface area contributed by atoms with Crippen LogP contribution >= 0.6 is 0 Å². The molecule has 0 saturated heterocycles. The van der Waals surface area contributed by atoms with Crippen molar-refractivity contribution in [2.75, 3.05) is 0 Å². The van der Waals surface area contributed by atoms with Crippen molar-refractivity contribution in [3.63, 3.8) is 0 Å². The summed E-state index contributed by atoms with van der Waals surface area (Å²) in [6.45, 7) is 7.66. The van der Waals surface area contributed by atoms with Gasteiger partial charge in [0.1, 0.15) is 10.6 Å². The van der Waals surface area contributed by atoms with Gasteiger partial charge in [-0.1, -0.05) is 31.2 Å². The van der Waals surface area contributed by atoms with Crippen molar-refractivity contribution in [2.24, 2.45) is 7.05 Å². The molecule has 1 aromatic carbocycles. The molecule has 27 heavy (non-hydrogen) atoms. The molecular formula is C19H24N4O3S. The molecule has 0 aliphatic heterocycles. The van der Waals surface area contributed by atoms with E-state index in [0.29, 0.717) is 35.2 Å². The van der Waals surface area contributed by atoms with Gasteiger partial charge in [-0.2, -0.15) is 0 Å². The number of aryl methyl sites for hydroxylation is 2. The van der Waals surface area contributed by atoms with E-state index in [1.54, 1.807) is 25.5 Å². The first-order valence-corrected chi connectivity index (χ1v) is 10.3. The maximum Gasteiger partial charge on any atom is 0.264 e. The number of nitrogens with one attached hydrogen (secondary N) is 1. The van der Waals surface area contributed by atoms with Crippen LogP contribution in [0, 0.1) is 20.8 Å². The van der Waals surface area contributed by atoms with Gasteiger partial charge < -0.3 is 8.98 Å². The van der Waals surface area contributed by atoms with Gasteiger partial charge in [-0.15, -0.1) is 10.2 Å². The van der Waals surface area contributed by atoms with Crippen LogP contribution in [0.15, 0.2) is 33.6 Å². The molecule has 144 valence electrons. The van der Waals surface area contributed by atoms with E-state index in [9.17, 15) is 8.42 Å². The average Bonchev–Trinajstić information content (AvgIpc) is 3.17. The number of rotatable bonds is 6. The van der Waals surface area contributed by atoms with Crippen molar-refractivity contribution in [1.82, 2.24) is 19.5 Å². The standard InChI is InChI=1S/C19H24N4O3S/c1-6-16-21-22-19(26-16)17-13(3)18(14(4)23(17)5)27(24,25)20-11-15-10-8-7-9-12(15)2/h7-10,20H,6,11H2,1-5H3. The van der Waals surface area contributed by atoms with Crippen molar-refractivity contribution in [2.45, 2.75) is 45.6 Å². The molecule has 3 rings (SSSR count). The molecule has 2 aromatic heterocycles. The van der Waals surface area contributed by atoms with Crippen LogP contribution in [-0.2, 0) is 30.0 Å². The first kappa shape index (κ1) is 19.3. The van der Waals surface area contributed by atoms with Gasteiger partial charge in [-0.05, 0) is 31.9 Å². The van der Waals surface area contributed by atoms with Crippen LogP contribution in [0.2, 0.25) is 0 Å². The van der Waals surface area contributed by atoms with E-state index in [1.165, 1.54) is 0 Å². The summed E-state index contributed by atoms with van der Waals surface area (Å²) >= 11 is 0. The van der Waals surface area contributed by atoms with Gasteiger partial charge in [0.15, 0.2) is 0 Å². The summed E-state index contributed by atoms with van der Waals surface area (Å²) in [5.74, 6) is 0.848. The Morgan fingerprint density at radius 3 is 2.48 bits per heavy atom. The molecule has 0 spiro atoms. The minimum atomic E-state index is -3.71. The molecule has 0 radical (unpaired) electrons. The maximum atomic E-state index is 13.0. The lowest BCUT2D eigenvalue weighted by atomic mass is 10.1. The summed E-state index contributed by atoms with van der Waals surface area (Å²) in [4.78, 5) is 0.254. The summed E-state index contributed by atoms with van der Waals surface area (Å²) < 4.78 is 36.2. The van der Waals surface area contributed by atoms with Crippen LogP contribution in [0.4, 0.5) is 0 Å². The number of aromatic nitrogens is 3. The first-order valence-electron chi connectivity index (χ1n) is 8.79. The zero-order valence-corrected chi connectivity index (χ0v) is 17.0. The number of hydrogen-bond donors (Lipinski definition) is 1. The Kier molecular flexibility index (Phi) is 5.21. The highest BCUT2D eigenvalue weighted by Gasteiger charge is 2.28. The van der Waals surface area contributed by atoms with Crippen LogP contribution < -0.4 is 4.72 Å². The van der Waals surface area contributed by atoms with Crippen LogP contribution in [0.1, 0.15) is 35.2 Å². The second kappa shape index (κ2) is 7.28. The fourth-order valence-electron chi connectivity index (χ4n) is 3.20. The van der Waals surface area contributed by atoms with Crippen molar-refractivity contribution in [3.8, 4) is 11.6 Å². The predicted octanol–water partition coefficient (Wildman–Crippen LogP) is 3.04. The molecule has 0 amide bonds. The summed E-state index contributed by atoms with van der Waals surface area (Å²) in [6, 6.07) is 7.70. The normalized spacial score (nSPS) is 11.9. The van der Waals surface area contributed by atoms with Gasteiger partial charge in [0.05, 0.1) is 0 Å². The van der Waals surface area contributed by atoms with E-state index in [0.717, 1.165) is 11.1 Å². The fraction of sp³-hybridized carbons (Fsp3) is 0.368. The Balaban J connectivity index is 1.98. The summed E-state index contributed by atoms with van der Waals surface area (Å²) in [5.41, 5.74) is 3.82. The largest absolute Gasteiger partial charge is 0.419 e. The Morgan fingerprint density at radius 2 is 1.85 bits per heavy atom. The molecule has 0 bridgehead atoms. The minimum Gasteiger partial charge on any atom is -0.419 e. The highest BCUT2D eigenvalue weighted by atomic mass is 32.2. The van der Waals surface area contributed by atoms with Gasteiger partial charge in [-0.25, -0.2) is 13.1 Å². The van der Waals surface area contributed by atoms with Gasteiger partial charge in [0, 0.05) is 31.3 Å². The zero-order valence-electron chi connectivity index (χ0n) is 16.2. The smallest absolute Gasteiger partial charge is 0.264 e. The average molecular weight is 388 g/mol. The van der Waals surface area contributed by atoms with E-state index < -0.39 is 10.0 Å². The monoisotopic (exact) mass is 388 g/mol. The molecule has 8 heteroatoms. The van der Waals surface area contributed by atoms with Crippen molar-refractivity contribution >= 4 is 10.0 Å². The quantitative estimate of drug-likeness (QED) is 0.701. The van der Waals surface area contributed by atoms with Crippen molar-refractivity contribution < 1.29 is 12.8 Å². The van der Waals surface area contributed by atoms with Crippen LogP contribution in [0.25, 0.3) is 11.6 Å². The Labute approximate surface area is 159 Å². The molecule has 0 aliphatic rings. The second-order valence-electron chi connectivity index (χ2n) is 6.55. The Bertz CT molecular complexity index is 1080. The van der Waals surface area contributed by atoms with Gasteiger partial charge >= 0.3 is 0 Å². The molecule has 0 fully saturated rings. The molecule has 0 unspecified atom stereocenters. The Morgan fingerprint density at radius 1 is 1.15 bits per heavy atom. The van der Waals surface area contributed by atoms with Crippen molar-refractivity contribution in [1.29, 1.82) is 0 Å². The lowest BCUT2D eigenvalue weighted by Gasteiger charge is -2.10. The zero-order chi connectivity index (χ0) is 19.8. The lowest BCUT2D eigenvalue weighted by Crippen LogP contribution is -2.24. The van der Waals surface area contributed by atoms with Gasteiger partial charge in [-0.3, -0.25) is 0 Å². The maximum absolute atomic E-state index is 13.0. The lowest BCUT2D eigenvalue weighted by molar-refractivity contribution is 0.508. The highest BCUT2D eigenvalue weighted by Crippen LogP contribution is 2.32. The second-order valence-corrected chi connectivity index (χ2v) is 8.26. The van der Waals surface area contributed by atoms with E-state index >= 15 is 0 Å². The highest BCUT2D eigenvalue weighted by molar-refractivity contribution is 7.89. The molecular weight excluding hydrogens is 364 g/mol. The van der Waals surface area contributed by atoms with Crippen LogP contribution in [-0.4, -0.2) is 23.2 Å². The topological polar surface area (TPSA) is 90.0 Å². The Hall–Kier alpha value is -2.45. The van der Waals surface area contributed by atoms with Crippen LogP contribution in [0.3, 0.4) is 0 Å². The number of sulfonamides is 1. The SMILES string of the molecule is CCc1nnc(-c2c(C)c(S(=O)(=O)NCc3ccccc3C)c(C)n2C)o1. The summed E-state index contributed by atoms with van der Waals surface area (Å²) in [5, 5.41) is 8.05. The molecule has 2 heterocycles. The third-order valence-corrected chi connectivity index (χ3v) is 6.48. The third kappa shape index (κ3) is 3.54.